The van der Waals surface area contributed by atoms with Gasteiger partial charge in [-0.1, -0.05) is 11.6 Å². The van der Waals surface area contributed by atoms with Crippen LogP contribution < -0.4 is 5.32 Å². The van der Waals surface area contributed by atoms with Crippen molar-refractivity contribution in [1.82, 2.24) is 19.6 Å². The molecule has 1 fully saturated rings. The molecule has 1 aliphatic heterocycles. The Morgan fingerprint density at radius 2 is 2.32 bits per heavy atom. The van der Waals surface area contributed by atoms with Crippen LogP contribution in [0.1, 0.15) is 18.5 Å². The summed E-state index contributed by atoms with van der Waals surface area (Å²) in [6, 6.07) is 3.36. The van der Waals surface area contributed by atoms with Crippen LogP contribution in [0.25, 0.3) is 5.65 Å². The van der Waals surface area contributed by atoms with Gasteiger partial charge in [-0.3, -0.25) is 4.79 Å². The van der Waals surface area contributed by atoms with Crippen LogP contribution in [0.5, 0.6) is 0 Å². The van der Waals surface area contributed by atoms with E-state index in [1.54, 1.807) is 22.7 Å². The smallest absolute Gasteiger partial charge is 0.353 e. The van der Waals surface area contributed by atoms with E-state index in [0.717, 1.165) is 4.90 Å². The first-order valence-corrected chi connectivity index (χ1v) is 8.30. The van der Waals surface area contributed by atoms with E-state index >= 15 is 0 Å². The maximum atomic E-state index is 14.6. The molecule has 3 heterocycles. The summed E-state index contributed by atoms with van der Waals surface area (Å²) in [4.78, 5) is 17.4. The second-order valence-corrected chi connectivity index (χ2v) is 6.81. The monoisotopic (exact) mass is 372 g/mol. The second-order valence-electron chi connectivity index (χ2n) is 6.37. The molecule has 0 bridgehead atoms. The third kappa shape index (κ3) is 3.21. The number of fused-ring (bicyclic) bond motifs is 1. The Bertz CT molecular complexity index is 790. The number of aliphatic hydroxyl groups is 1. The maximum absolute atomic E-state index is 14.6. The number of carbonyl (C=O) groups excluding carboxylic acids is 1. The summed E-state index contributed by atoms with van der Waals surface area (Å²) >= 11 is 5.95. The van der Waals surface area contributed by atoms with E-state index in [1.807, 2.05) is 0 Å². The minimum Gasteiger partial charge on any atom is -0.382 e. The molecule has 0 aromatic carbocycles. The van der Waals surface area contributed by atoms with E-state index in [4.69, 9.17) is 11.6 Å². The molecule has 0 saturated carbocycles. The number of pyridine rings is 1. The minimum absolute atomic E-state index is 0.0839. The van der Waals surface area contributed by atoms with Gasteiger partial charge in [-0.25, -0.2) is 4.98 Å². The predicted octanol–water partition coefficient (Wildman–Crippen LogP) is 1.70. The van der Waals surface area contributed by atoms with Gasteiger partial charge in [0.05, 0.1) is 23.5 Å². The summed E-state index contributed by atoms with van der Waals surface area (Å²) in [6.07, 6.45) is 3.37. The van der Waals surface area contributed by atoms with Crippen LogP contribution in [0.2, 0.25) is 5.02 Å². The molecule has 2 aromatic heterocycles. The lowest BCUT2D eigenvalue weighted by atomic mass is 9.86. The number of carbonyl (C=O) groups is 1. The van der Waals surface area contributed by atoms with Crippen molar-refractivity contribution >= 4 is 23.2 Å². The third-order valence-corrected chi connectivity index (χ3v) is 4.73. The standard InChI is InChI=1S/C16H19ClF2N4O2/c1-22(9-12-7-21-13-4-3-11(17)8-23(12)13)14(24)16(18,19)15(25)5-2-6-20-10-15/h3-4,7-8,20,25H,2,5-6,9-10H2,1H3. The number of hydrogen-bond acceptors (Lipinski definition) is 4. The molecule has 0 spiro atoms. The number of hydrogen-bond donors (Lipinski definition) is 2. The Kier molecular flexibility index (Phi) is 4.70. The van der Waals surface area contributed by atoms with Gasteiger partial charge < -0.3 is 19.7 Å². The number of β-amino-alcohol motifs (C(OH)–C–C–N with tert-alkyl or cyclic N) is 1. The summed E-state index contributed by atoms with van der Waals surface area (Å²) in [5.41, 5.74) is -1.24. The highest BCUT2D eigenvalue weighted by Crippen LogP contribution is 2.35. The molecule has 136 valence electrons. The van der Waals surface area contributed by atoms with E-state index < -0.39 is 17.4 Å². The Hall–Kier alpha value is -1.77. The van der Waals surface area contributed by atoms with Crippen LogP contribution in [-0.2, 0) is 11.3 Å². The first kappa shape index (κ1) is 18.0. The predicted molar refractivity (Wildman–Crippen MR) is 88.7 cm³/mol. The zero-order valence-electron chi connectivity index (χ0n) is 13.7. The maximum Gasteiger partial charge on any atom is 0.353 e. The first-order chi connectivity index (χ1) is 11.7. The van der Waals surface area contributed by atoms with Crippen molar-refractivity contribution in [3.05, 3.63) is 35.2 Å². The highest BCUT2D eigenvalue weighted by Gasteiger charge is 2.59. The Labute approximate surface area is 148 Å². The quantitative estimate of drug-likeness (QED) is 0.857. The summed E-state index contributed by atoms with van der Waals surface area (Å²) in [5, 5.41) is 13.4. The molecule has 3 rings (SSSR count). The van der Waals surface area contributed by atoms with Gasteiger partial charge in [0.2, 0.25) is 0 Å². The molecular formula is C16H19ClF2N4O2. The summed E-state index contributed by atoms with van der Waals surface area (Å²) in [5.74, 6) is -5.30. The van der Waals surface area contributed by atoms with Gasteiger partial charge in [0.15, 0.2) is 0 Å². The fraction of sp³-hybridized carbons (Fsp3) is 0.500. The van der Waals surface area contributed by atoms with Crippen LogP contribution in [0, 0.1) is 0 Å². The van der Waals surface area contributed by atoms with Crippen molar-refractivity contribution < 1.29 is 18.7 Å². The van der Waals surface area contributed by atoms with E-state index in [0.29, 0.717) is 29.3 Å². The average molecular weight is 373 g/mol. The fourth-order valence-electron chi connectivity index (χ4n) is 3.03. The Morgan fingerprint density at radius 1 is 1.56 bits per heavy atom. The lowest BCUT2D eigenvalue weighted by Crippen LogP contribution is -2.63. The molecule has 6 nitrogen and oxygen atoms in total. The number of aromatic nitrogens is 2. The second kappa shape index (κ2) is 6.51. The van der Waals surface area contributed by atoms with Crippen molar-refractivity contribution in [3.63, 3.8) is 0 Å². The molecule has 25 heavy (non-hydrogen) atoms. The molecule has 1 unspecified atom stereocenters. The molecule has 1 saturated heterocycles. The lowest BCUT2D eigenvalue weighted by molar-refractivity contribution is -0.205. The lowest BCUT2D eigenvalue weighted by Gasteiger charge is -2.39. The molecule has 2 N–H and O–H groups in total. The third-order valence-electron chi connectivity index (χ3n) is 4.51. The highest BCUT2D eigenvalue weighted by atomic mass is 35.5. The highest BCUT2D eigenvalue weighted by molar-refractivity contribution is 6.30. The summed E-state index contributed by atoms with van der Waals surface area (Å²) in [7, 11) is 1.28. The average Bonchev–Trinajstić information content (AvgIpc) is 2.96. The molecule has 9 heteroatoms. The van der Waals surface area contributed by atoms with Gasteiger partial charge >= 0.3 is 5.92 Å². The van der Waals surface area contributed by atoms with Gasteiger partial charge in [0, 0.05) is 19.8 Å². The summed E-state index contributed by atoms with van der Waals surface area (Å²) in [6.45, 7) is 0.148. The zero-order chi connectivity index (χ0) is 18.2. The number of nitrogens with one attached hydrogen (secondary N) is 1. The van der Waals surface area contributed by atoms with Gasteiger partial charge in [0.1, 0.15) is 11.2 Å². The Morgan fingerprint density at radius 3 is 3.00 bits per heavy atom. The van der Waals surface area contributed by atoms with E-state index in [9.17, 15) is 18.7 Å². The minimum atomic E-state index is -3.88. The van der Waals surface area contributed by atoms with E-state index in [2.05, 4.69) is 10.3 Å². The van der Waals surface area contributed by atoms with Gasteiger partial charge in [-0.05, 0) is 31.5 Å². The van der Waals surface area contributed by atoms with Crippen LogP contribution in [0.4, 0.5) is 8.78 Å². The van der Waals surface area contributed by atoms with Crippen LogP contribution in [0.3, 0.4) is 0 Å². The molecule has 0 radical (unpaired) electrons. The Balaban J connectivity index is 1.80. The van der Waals surface area contributed by atoms with Crippen molar-refractivity contribution in [1.29, 1.82) is 0 Å². The molecule has 1 amide bonds. The topological polar surface area (TPSA) is 69.9 Å². The molecule has 0 aliphatic carbocycles. The molecule has 1 aliphatic rings. The number of imidazole rings is 1. The van der Waals surface area contributed by atoms with Gasteiger partial charge in [0.25, 0.3) is 5.91 Å². The SMILES string of the molecule is CN(Cc1cnc2ccc(Cl)cn12)C(=O)C(F)(F)C1(O)CCCNC1. The number of halogens is 3. The number of piperidine rings is 1. The zero-order valence-corrected chi connectivity index (χ0v) is 14.4. The number of alkyl halides is 2. The van der Waals surface area contributed by atoms with Crippen molar-refractivity contribution in [2.75, 3.05) is 20.1 Å². The van der Waals surface area contributed by atoms with E-state index in [-0.39, 0.29) is 19.5 Å². The number of nitrogens with zero attached hydrogens (tertiary/aromatic N) is 3. The molecule has 1 atom stereocenters. The van der Waals surface area contributed by atoms with Gasteiger partial charge in [-0.2, -0.15) is 8.78 Å². The van der Waals surface area contributed by atoms with E-state index in [1.165, 1.54) is 13.2 Å². The van der Waals surface area contributed by atoms with Crippen LogP contribution in [-0.4, -0.2) is 57.0 Å². The van der Waals surface area contributed by atoms with Crippen LogP contribution in [0.15, 0.2) is 24.5 Å². The van der Waals surface area contributed by atoms with Crippen LogP contribution >= 0.6 is 11.6 Å². The fourth-order valence-corrected chi connectivity index (χ4v) is 3.19. The largest absolute Gasteiger partial charge is 0.382 e. The first-order valence-electron chi connectivity index (χ1n) is 7.92. The normalized spacial score (nSPS) is 21.5. The van der Waals surface area contributed by atoms with Gasteiger partial charge in [-0.15, -0.1) is 0 Å². The summed E-state index contributed by atoms with van der Waals surface area (Å²) < 4.78 is 30.9. The van der Waals surface area contributed by atoms with Crippen molar-refractivity contribution in [2.45, 2.75) is 30.9 Å². The number of amides is 1. The molecular weight excluding hydrogens is 354 g/mol. The van der Waals surface area contributed by atoms with Crippen molar-refractivity contribution in [3.8, 4) is 0 Å². The number of rotatable bonds is 4. The molecule has 2 aromatic rings. The van der Waals surface area contributed by atoms with Crippen molar-refractivity contribution in [2.24, 2.45) is 0 Å².